The Morgan fingerprint density at radius 3 is 2.53 bits per heavy atom. The Kier molecular flexibility index (Phi) is 4.40. The Morgan fingerprint density at radius 2 is 1.88 bits per heavy atom. The van der Waals surface area contributed by atoms with Crippen molar-refractivity contribution < 1.29 is 4.74 Å². The second kappa shape index (κ2) is 6.03. The third kappa shape index (κ3) is 4.02. The van der Waals surface area contributed by atoms with Crippen LogP contribution in [0.4, 0.5) is 5.69 Å². The van der Waals surface area contributed by atoms with Crippen molar-refractivity contribution in [3.8, 4) is 0 Å². The van der Waals surface area contributed by atoms with Crippen LogP contribution in [-0.2, 0) is 11.3 Å². The van der Waals surface area contributed by atoms with Crippen LogP contribution >= 0.6 is 0 Å². The first-order chi connectivity index (χ1) is 8.24. The Balaban J connectivity index is 1.79. The summed E-state index contributed by atoms with van der Waals surface area (Å²) in [5.74, 6) is 0.794. The van der Waals surface area contributed by atoms with E-state index in [1.165, 1.54) is 18.4 Å². The van der Waals surface area contributed by atoms with Gasteiger partial charge in [0.15, 0.2) is 0 Å². The highest BCUT2D eigenvalue weighted by Crippen LogP contribution is 2.16. The predicted molar refractivity (Wildman–Crippen MR) is 70.7 cm³/mol. The first kappa shape index (κ1) is 12.4. The molecule has 0 spiro atoms. The molecule has 0 aromatic heterocycles. The number of nitrogen functional groups attached to an aromatic ring is 1. The van der Waals surface area contributed by atoms with E-state index >= 15 is 0 Å². The molecule has 0 bridgehead atoms. The molecule has 2 N–H and O–H groups in total. The van der Waals surface area contributed by atoms with Gasteiger partial charge in [-0.1, -0.05) is 12.1 Å². The smallest absolute Gasteiger partial charge is 0.0469 e. The minimum atomic E-state index is 0.794. The van der Waals surface area contributed by atoms with Gasteiger partial charge in [-0.2, -0.15) is 0 Å². The third-order valence-corrected chi connectivity index (χ3v) is 3.34. The van der Waals surface area contributed by atoms with Crippen LogP contribution in [0.3, 0.4) is 0 Å². The van der Waals surface area contributed by atoms with Crippen molar-refractivity contribution in [1.82, 2.24) is 4.90 Å². The zero-order chi connectivity index (χ0) is 12.1. The Morgan fingerprint density at radius 1 is 1.24 bits per heavy atom. The molecule has 1 aliphatic rings. The fourth-order valence-corrected chi connectivity index (χ4v) is 2.37. The van der Waals surface area contributed by atoms with Gasteiger partial charge in [0, 0.05) is 32.0 Å². The van der Waals surface area contributed by atoms with E-state index in [-0.39, 0.29) is 0 Å². The summed E-state index contributed by atoms with van der Waals surface area (Å²) in [6, 6.07) is 8.15. The molecule has 3 nitrogen and oxygen atoms in total. The summed E-state index contributed by atoms with van der Waals surface area (Å²) in [5, 5.41) is 0. The zero-order valence-corrected chi connectivity index (χ0v) is 10.6. The topological polar surface area (TPSA) is 38.5 Å². The monoisotopic (exact) mass is 234 g/mol. The fraction of sp³-hybridized carbons (Fsp3) is 0.571. The minimum absolute atomic E-state index is 0.794. The Labute approximate surface area is 104 Å². The molecule has 1 heterocycles. The molecule has 1 fully saturated rings. The second-order valence-electron chi connectivity index (χ2n) is 4.99. The summed E-state index contributed by atoms with van der Waals surface area (Å²) in [7, 11) is 2.19. The lowest BCUT2D eigenvalue weighted by Crippen LogP contribution is -2.29. The van der Waals surface area contributed by atoms with Gasteiger partial charge in [-0.15, -0.1) is 0 Å². The molecule has 0 aliphatic carbocycles. The van der Waals surface area contributed by atoms with Crippen LogP contribution in [-0.4, -0.2) is 31.7 Å². The maximum Gasteiger partial charge on any atom is 0.0469 e. The molecule has 1 aromatic rings. The summed E-state index contributed by atoms with van der Waals surface area (Å²) in [6.07, 6.45) is 2.40. The largest absolute Gasteiger partial charge is 0.399 e. The van der Waals surface area contributed by atoms with Crippen LogP contribution in [0.2, 0.25) is 0 Å². The highest BCUT2D eigenvalue weighted by atomic mass is 16.5. The highest BCUT2D eigenvalue weighted by molar-refractivity contribution is 5.39. The van der Waals surface area contributed by atoms with Crippen LogP contribution in [0, 0.1) is 5.92 Å². The van der Waals surface area contributed by atoms with Gasteiger partial charge in [0.05, 0.1) is 0 Å². The maximum absolute atomic E-state index is 5.68. The van der Waals surface area contributed by atoms with Crippen molar-refractivity contribution in [3.05, 3.63) is 29.8 Å². The van der Waals surface area contributed by atoms with Crippen LogP contribution in [0.25, 0.3) is 0 Å². The van der Waals surface area contributed by atoms with E-state index in [0.717, 1.165) is 37.9 Å². The average molecular weight is 234 g/mol. The van der Waals surface area contributed by atoms with E-state index < -0.39 is 0 Å². The van der Waals surface area contributed by atoms with E-state index in [9.17, 15) is 0 Å². The quantitative estimate of drug-likeness (QED) is 0.811. The van der Waals surface area contributed by atoms with E-state index in [1.807, 2.05) is 12.1 Å². The molecule has 0 unspecified atom stereocenters. The van der Waals surface area contributed by atoms with Gasteiger partial charge >= 0.3 is 0 Å². The average Bonchev–Trinajstić information content (AvgIpc) is 2.33. The van der Waals surface area contributed by atoms with Gasteiger partial charge in [-0.05, 0) is 43.5 Å². The van der Waals surface area contributed by atoms with Crippen molar-refractivity contribution in [2.24, 2.45) is 5.92 Å². The van der Waals surface area contributed by atoms with Gasteiger partial charge in [-0.3, -0.25) is 0 Å². The highest BCUT2D eigenvalue weighted by Gasteiger charge is 2.15. The van der Waals surface area contributed by atoms with Crippen LogP contribution in [0.5, 0.6) is 0 Å². The number of ether oxygens (including phenoxy) is 1. The molecular weight excluding hydrogens is 212 g/mol. The van der Waals surface area contributed by atoms with Crippen LogP contribution in [0.1, 0.15) is 18.4 Å². The molecule has 1 aliphatic heterocycles. The number of rotatable bonds is 4. The predicted octanol–water partition coefficient (Wildman–Crippen LogP) is 2.13. The molecule has 17 heavy (non-hydrogen) atoms. The summed E-state index contributed by atoms with van der Waals surface area (Å²) in [6.45, 7) is 4.02. The summed E-state index contributed by atoms with van der Waals surface area (Å²) < 4.78 is 5.38. The van der Waals surface area contributed by atoms with Gasteiger partial charge in [0.1, 0.15) is 0 Å². The molecule has 0 atom stereocenters. The number of nitrogens with two attached hydrogens (primary N) is 1. The molecule has 94 valence electrons. The Hall–Kier alpha value is -1.06. The van der Waals surface area contributed by atoms with Crippen LogP contribution < -0.4 is 5.73 Å². The minimum Gasteiger partial charge on any atom is -0.399 e. The zero-order valence-electron chi connectivity index (χ0n) is 10.6. The molecule has 0 amide bonds. The summed E-state index contributed by atoms with van der Waals surface area (Å²) >= 11 is 0. The standard InChI is InChI=1S/C14H22N2O/c1-16(11-13-6-8-17-9-7-13)10-12-2-4-14(15)5-3-12/h2-5,13H,6-11,15H2,1H3. The third-order valence-electron chi connectivity index (χ3n) is 3.34. The molecular formula is C14H22N2O. The van der Waals surface area contributed by atoms with Gasteiger partial charge < -0.3 is 15.4 Å². The molecule has 1 aromatic carbocycles. The normalized spacial score (nSPS) is 17.5. The number of anilines is 1. The number of benzene rings is 1. The Bertz CT molecular complexity index is 331. The maximum atomic E-state index is 5.68. The molecule has 3 heteroatoms. The number of hydrogen-bond donors (Lipinski definition) is 1. The van der Waals surface area contributed by atoms with E-state index in [1.54, 1.807) is 0 Å². The first-order valence-corrected chi connectivity index (χ1v) is 6.35. The first-order valence-electron chi connectivity index (χ1n) is 6.35. The van der Waals surface area contributed by atoms with Crippen molar-refractivity contribution >= 4 is 5.69 Å². The van der Waals surface area contributed by atoms with Gasteiger partial charge in [0.2, 0.25) is 0 Å². The van der Waals surface area contributed by atoms with Crippen molar-refractivity contribution in [2.45, 2.75) is 19.4 Å². The molecule has 1 saturated heterocycles. The lowest BCUT2D eigenvalue weighted by atomic mass is 10.00. The van der Waals surface area contributed by atoms with E-state index in [4.69, 9.17) is 10.5 Å². The van der Waals surface area contributed by atoms with E-state index in [0.29, 0.717) is 0 Å². The number of nitrogens with zero attached hydrogens (tertiary/aromatic N) is 1. The van der Waals surface area contributed by atoms with E-state index in [2.05, 4.69) is 24.1 Å². The lowest BCUT2D eigenvalue weighted by molar-refractivity contribution is 0.0549. The molecule has 0 radical (unpaired) electrons. The second-order valence-corrected chi connectivity index (χ2v) is 4.99. The lowest BCUT2D eigenvalue weighted by Gasteiger charge is -2.27. The van der Waals surface area contributed by atoms with Crippen molar-refractivity contribution in [1.29, 1.82) is 0 Å². The number of hydrogen-bond acceptors (Lipinski definition) is 3. The summed E-state index contributed by atoms with van der Waals surface area (Å²) in [5.41, 5.74) is 7.84. The van der Waals surface area contributed by atoms with Crippen LogP contribution in [0.15, 0.2) is 24.3 Å². The SMILES string of the molecule is CN(Cc1ccc(N)cc1)CC1CCOCC1. The van der Waals surface area contributed by atoms with Crippen molar-refractivity contribution in [2.75, 3.05) is 32.5 Å². The van der Waals surface area contributed by atoms with Crippen molar-refractivity contribution in [3.63, 3.8) is 0 Å². The van der Waals surface area contributed by atoms with Gasteiger partial charge in [-0.25, -0.2) is 0 Å². The fourth-order valence-electron chi connectivity index (χ4n) is 2.37. The van der Waals surface area contributed by atoms with Gasteiger partial charge in [0.25, 0.3) is 0 Å². The molecule has 0 saturated carbocycles. The summed E-state index contributed by atoms with van der Waals surface area (Å²) in [4.78, 5) is 2.39. The molecule has 2 rings (SSSR count).